The lowest BCUT2D eigenvalue weighted by atomic mass is 10.1. The number of nitrogens with one attached hydrogen (secondary N) is 1. The number of hydrogen-bond acceptors (Lipinski definition) is 6. The molecule has 29 heavy (non-hydrogen) atoms. The highest BCUT2D eigenvalue weighted by Gasteiger charge is 2.09. The molecule has 0 spiro atoms. The topological polar surface area (TPSA) is 90.1 Å². The Morgan fingerprint density at radius 1 is 1.17 bits per heavy atom. The first-order valence-corrected chi connectivity index (χ1v) is 9.00. The van der Waals surface area contributed by atoms with Crippen LogP contribution in [-0.4, -0.2) is 22.8 Å². The van der Waals surface area contributed by atoms with Crippen molar-refractivity contribution in [3.05, 3.63) is 95.3 Å². The van der Waals surface area contributed by atoms with Gasteiger partial charge in [-0.3, -0.25) is 9.78 Å². The molecule has 0 saturated heterocycles. The molecule has 3 N–H and O–H groups in total. The average Bonchev–Trinajstić information content (AvgIpc) is 2.74. The normalized spacial score (nSPS) is 11.2. The lowest BCUT2D eigenvalue weighted by molar-refractivity contribution is 0.104. The van der Waals surface area contributed by atoms with Crippen LogP contribution in [0.1, 0.15) is 21.6 Å². The van der Waals surface area contributed by atoms with Crippen molar-refractivity contribution in [3.8, 4) is 5.75 Å². The summed E-state index contributed by atoms with van der Waals surface area (Å²) in [5, 5.41) is 3.03. The quantitative estimate of drug-likeness (QED) is 0.452. The molecule has 0 atom stereocenters. The van der Waals surface area contributed by atoms with Gasteiger partial charge >= 0.3 is 0 Å². The van der Waals surface area contributed by atoms with E-state index in [1.807, 2.05) is 12.1 Å². The molecule has 0 unspecified atom stereocenters. The summed E-state index contributed by atoms with van der Waals surface area (Å²) >= 11 is 0. The van der Waals surface area contributed by atoms with Crippen molar-refractivity contribution in [2.24, 2.45) is 0 Å². The summed E-state index contributed by atoms with van der Waals surface area (Å²) in [5.41, 5.74) is 8.54. The number of likely N-dealkylation sites (N-methyl/N-ethyl adjacent to an activating group) is 1. The van der Waals surface area contributed by atoms with E-state index in [0.717, 1.165) is 17.0 Å². The molecule has 0 bridgehead atoms. The number of carbonyl (C=O) groups excluding carboxylic acids is 1. The summed E-state index contributed by atoms with van der Waals surface area (Å²) in [4.78, 5) is 20.7. The van der Waals surface area contributed by atoms with Crippen molar-refractivity contribution in [1.29, 1.82) is 0 Å². The number of allylic oxidation sites excluding steroid dienone is 2. The number of halogens is 1. The minimum atomic E-state index is -0.307. The average molecular weight is 392 g/mol. The lowest BCUT2D eigenvalue weighted by Crippen LogP contribution is -2.12. The molecule has 2 aromatic heterocycles. The van der Waals surface area contributed by atoms with Gasteiger partial charge in [-0.2, -0.15) is 0 Å². The number of anilines is 1. The van der Waals surface area contributed by atoms with E-state index in [9.17, 15) is 9.18 Å². The molecule has 0 amide bonds. The van der Waals surface area contributed by atoms with E-state index < -0.39 is 0 Å². The zero-order valence-electron chi connectivity index (χ0n) is 15.9. The van der Waals surface area contributed by atoms with Gasteiger partial charge < -0.3 is 15.8 Å². The predicted molar refractivity (Wildman–Crippen MR) is 109 cm³/mol. The number of rotatable bonds is 8. The Morgan fingerprint density at radius 2 is 1.97 bits per heavy atom. The maximum Gasteiger partial charge on any atom is 0.191 e. The first-order valence-electron chi connectivity index (χ1n) is 9.00. The number of hydrogen-bond donors (Lipinski definition) is 2. The van der Waals surface area contributed by atoms with Crippen LogP contribution in [0, 0.1) is 5.82 Å². The number of nitrogens with two attached hydrogens (primary N) is 1. The van der Waals surface area contributed by atoms with Gasteiger partial charge in [-0.05, 0) is 48.0 Å². The molecule has 0 aliphatic heterocycles. The predicted octanol–water partition coefficient (Wildman–Crippen LogP) is 3.31. The van der Waals surface area contributed by atoms with E-state index in [2.05, 4.69) is 15.3 Å². The Kier molecular flexibility index (Phi) is 6.52. The third-order valence-electron chi connectivity index (χ3n) is 4.21. The molecule has 2 heterocycles. The van der Waals surface area contributed by atoms with Crippen molar-refractivity contribution in [2.45, 2.75) is 13.0 Å². The van der Waals surface area contributed by atoms with Crippen LogP contribution in [0.3, 0.4) is 0 Å². The number of nitrogen functional groups attached to an aromatic ring is 1. The number of pyridine rings is 2. The van der Waals surface area contributed by atoms with Gasteiger partial charge in [-0.15, -0.1) is 0 Å². The van der Waals surface area contributed by atoms with Crippen molar-refractivity contribution in [1.82, 2.24) is 15.3 Å². The van der Waals surface area contributed by atoms with Crippen LogP contribution in [0.5, 0.6) is 5.75 Å². The first kappa shape index (κ1) is 20.0. The van der Waals surface area contributed by atoms with Gasteiger partial charge in [0.25, 0.3) is 0 Å². The molecule has 7 heteroatoms. The molecule has 3 rings (SSSR count). The molecule has 6 nitrogen and oxygen atoms in total. The largest absolute Gasteiger partial charge is 0.487 e. The van der Waals surface area contributed by atoms with Crippen molar-refractivity contribution in [3.63, 3.8) is 0 Å². The lowest BCUT2D eigenvalue weighted by Gasteiger charge is -2.09. The van der Waals surface area contributed by atoms with Gasteiger partial charge in [0, 0.05) is 37.6 Å². The minimum Gasteiger partial charge on any atom is -0.487 e. The van der Waals surface area contributed by atoms with Gasteiger partial charge in [0.15, 0.2) is 5.78 Å². The third-order valence-corrected chi connectivity index (χ3v) is 4.21. The van der Waals surface area contributed by atoms with Gasteiger partial charge in [-0.25, -0.2) is 9.37 Å². The summed E-state index contributed by atoms with van der Waals surface area (Å²) in [7, 11) is 1.75. The molecular weight excluding hydrogens is 371 g/mol. The van der Waals surface area contributed by atoms with E-state index in [0.29, 0.717) is 17.7 Å². The fraction of sp³-hybridized carbons (Fsp3) is 0.136. The summed E-state index contributed by atoms with van der Waals surface area (Å²) < 4.78 is 18.5. The third kappa shape index (κ3) is 5.62. The van der Waals surface area contributed by atoms with Gasteiger partial charge in [0.05, 0.1) is 11.3 Å². The number of benzene rings is 1. The van der Waals surface area contributed by atoms with Crippen LogP contribution in [0.15, 0.2) is 72.7 Å². The van der Waals surface area contributed by atoms with Gasteiger partial charge in [0.1, 0.15) is 24.0 Å². The zero-order valence-corrected chi connectivity index (χ0v) is 15.9. The molecule has 0 saturated carbocycles. The number of ketones is 1. The van der Waals surface area contributed by atoms with Crippen LogP contribution < -0.4 is 15.8 Å². The highest BCUT2D eigenvalue weighted by atomic mass is 19.1. The Morgan fingerprint density at radius 3 is 2.62 bits per heavy atom. The SMILES string of the molecule is CNC(=CC(=O)c1cccnc1N)Cc1ccc(COc2ccc(F)cc2)nc1. The van der Waals surface area contributed by atoms with Crippen molar-refractivity contribution < 1.29 is 13.9 Å². The molecule has 0 aliphatic rings. The van der Waals surface area contributed by atoms with E-state index in [1.165, 1.54) is 18.2 Å². The fourth-order valence-electron chi connectivity index (χ4n) is 2.63. The summed E-state index contributed by atoms with van der Waals surface area (Å²) in [6, 6.07) is 12.9. The second-order valence-corrected chi connectivity index (χ2v) is 6.30. The van der Waals surface area contributed by atoms with Crippen LogP contribution >= 0.6 is 0 Å². The second kappa shape index (κ2) is 9.45. The van der Waals surface area contributed by atoms with E-state index in [4.69, 9.17) is 10.5 Å². The summed E-state index contributed by atoms with van der Waals surface area (Å²) in [6.07, 6.45) is 5.30. The highest BCUT2D eigenvalue weighted by Crippen LogP contribution is 2.14. The highest BCUT2D eigenvalue weighted by molar-refractivity contribution is 6.07. The van der Waals surface area contributed by atoms with E-state index in [1.54, 1.807) is 43.7 Å². The summed E-state index contributed by atoms with van der Waals surface area (Å²) in [5.74, 6) is 0.261. The van der Waals surface area contributed by atoms with Crippen molar-refractivity contribution in [2.75, 3.05) is 12.8 Å². The van der Waals surface area contributed by atoms with Crippen LogP contribution in [-0.2, 0) is 13.0 Å². The molecule has 3 aromatic rings. The molecule has 148 valence electrons. The van der Waals surface area contributed by atoms with Gasteiger partial charge in [-0.1, -0.05) is 6.07 Å². The maximum atomic E-state index is 12.9. The summed E-state index contributed by atoms with van der Waals surface area (Å²) in [6.45, 7) is 0.277. The van der Waals surface area contributed by atoms with E-state index >= 15 is 0 Å². The number of aromatic nitrogens is 2. The van der Waals surface area contributed by atoms with Crippen LogP contribution in [0.4, 0.5) is 10.2 Å². The number of ether oxygens (including phenoxy) is 1. The minimum absolute atomic E-state index is 0.205. The van der Waals surface area contributed by atoms with E-state index in [-0.39, 0.29) is 24.0 Å². The van der Waals surface area contributed by atoms with Gasteiger partial charge in [0.2, 0.25) is 0 Å². The fourth-order valence-corrected chi connectivity index (χ4v) is 2.63. The molecule has 0 radical (unpaired) electrons. The second-order valence-electron chi connectivity index (χ2n) is 6.30. The first-order chi connectivity index (χ1) is 14.0. The Bertz CT molecular complexity index is 1000. The Hall–Kier alpha value is -3.74. The number of nitrogens with zero attached hydrogens (tertiary/aromatic N) is 2. The molecular formula is C22H21FN4O2. The van der Waals surface area contributed by atoms with Crippen LogP contribution in [0.2, 0.25) is 0 Å². The standard InChI is InChI=1S/C22H21FN4O2/c1-25-18(12-21(28)20-3-2-10-26-22(20)24)11-15-4-7-17(27-13-15)14-29-19-8-5-16(23)6-9-19/h2-10,12-13,25H,11,14H2,1H3,(H2,24,26). The molecule has 1 aromatic carbocycles. The Balaban J connectivity index is 1.62. The maximum absolute atomic E-state index is 12.9. The smallest absolute Gasteiger partial charge is 0.191 e. The molecule has 0 fully saturated rings. The zero-order chi connectivity index (χ0) is 20.6. The van der Waals surface area contributed by atoms with Crippen molar-refractivity contribution >= 4 is 11.6 Å². The monoisotopic (exact) mass is 392 g/mol. The Labute approximate surface area is 168 Å². The van der Waals surface area contributed by atoms with Crippen LogP contribution in [0.25, 0.3) is 0 Å². The molecule has 0 aliphatic carbocycles. The number of carbonyl (C=O) groups is 1.